The monoisotopic (exact) mass is 360 g/mol. The van der Waals surface area contributed by atoms with Gasteiger partial charge in [-0.3, -0.25) is 19.3 Å². The number of carbonyl (C=O) groups excluding carboxylic acids is 3. The Balaban J connectivity index is 1.50. The Morgan fingerprint density at radius 2 is 1.77 bits per heavy atom. The predicted molar refractivity (Wildman–Crippen MR) is 100 cm³/mol. The van der Waals surface area contributed by atoms with Crippen LogP contribution in [0.3, 0.4) is 0 Å². The van der Waals surface area contributed by atoms with Gasteiger partial charge in [0.1, 0.15) is 0 Å². The van der Waals surface area contributed by atoms with Crippen LogP contribution in [0.25, 0.3) is 0 Å². The highest BCUT2D eigenvalue weighted by Gasteiger charge is 2.42. The van der Waals surface area contributed by atoms with E-state index in [-0.39, 0.29) is 23.1 Å². The molecule has 3 rings (SSSR count). The number of imide groups is 1. The summed E-state index contributed by atoms with van der Waals surface area (Å²) >= 11 is 0. The highest BCUT2D eigenvalue weighted by atomic mass is 16.2. The second kappa shape index (κ2) is 7.53. The van der Waals surface area contributed by atoms with Crippen molar-refractivity contribution in [2.45, 2.75) is 59.3 Å². The molecule has 0 radical (unpaired) electrons. The molecule has 1 unspecified atom stereocenters. The third kappa shape index (κ3) is 3.58. The van der Waals surface area contributed by atoms with Crippen LogP contribution in [-0.4, -0.2) is 47.2 Å². The summed E-state index contributed by atoms with van der Waals surface area (Å²) in [5.41, 5.74) is 0.288. The molecule has 1 aliphatic carbocycles. The maximum Gasteiger partial charge on any atom is 0.253 e. The van der Waals surface area contributed by atoms with Crippen molar-refractivity contribution in [1.29, 1.82) is 0 Å². The predicted octanol–water partition coefficient (Wildman–Crippen LogP) is 3.00. The van der Waals surface area contributed by atoms with Gasteiger partial charge in [-0.2, -0.15) is 0 Å². The largest absolute Gasteiger partial charge is 0.342 e. The highest BCUT2D eigenvalue weighted by Crippen LogP contribution is 2.42. The molecule has 5 heteroatoms. The van der Waals surface area contributed by atoms with E-state index in [0.717, 1.165) is 51.6 Å². The standard InChI is InChI=1S/C21H32N2O3/c1-4-21(15(2)3)11-12-22(14-21)20(26)17-7-5-16(6-8-17)13-23-18(24)9-10-19(23)25/h9-10,15-17H,4-8,11-14H2,1-3H3. The van der Waals surface area contributed by atoms with E-state index in [1.54, 1.807) is 0 Å². The second-order valence-electron chi connectivity index (χ2n) is 8.72. The van der Waals surface area contributed by atoms with Crippen molar-refractivity contribution in [2.75, 3.05) is 19.6 Å². The molecular weight excluding hydrogens is 328 g/mol. The first kappa shape index (κ1) is 19.1. The summed E-state index contributed by atoms with van der Waals surface area (Å²) in [4.78, 5) is 39.8. The van der Waals surface area contributed by atoms with Crippen LogP contribution in [0, 0.1) is 23.2 Å². The fourth-order valence-corrected chi connectivity index (χ4v) is 4.97. The summed E-state index contributed by atoms with van der Waals surface area (Å²) < 4.78 is 0. The first-order chi connectivity index (χ1) is 12.4. The minimum Gasteiger partial charge on any atom is -0.342 e. The molecule has 0 N–H and O–H groups in total. The lowest BCUT2D eigenvalue weighted by Gasteiger charge is -2.34. The summed E-state index contributed by atoms with van der Waals surface area (Å²) in [7, 11) is 0. The molecule has 0 aromatic carbocycles. The fraction of sp³-hybridized carbons (Fsp3) is 0.762. The summed E-state index contributed by atoms with van der Waals surface area (Å²) in [6.07, 6.45) is 8.55. The SMILES string of the molecule is CCC1(C(C)C)CCN(C(=O)C2CCC(CN3C(=O)C=CC3=O)CC2)C1. The van der Waals surface area contributed by atoms with E-state index in [2.05, 4.69) is 25.7 Å². The maximum atomic E-state index is 13.0. The smallest absolute Gasteiger partial charge is 0.253 e. The van der Waals surface area contributed by atoms with Gasteiger partial charge in [0.05, 0.1) is 0 Å². The number of rotatable bonds is 5. The van der Waals surface area contributed by atoms with Crippen molar-refractivity contribution < 1.29 is 14.4 Å². The Labute approximate surface area is 156 Å². The second-order valence-corrected chi connectivity index (χ2v) is 8.72. The van der Waals surface area contributed by atoms with Gasteiger partial charge in [0, 0.05) is 37.7 Å². The summed E-state index contributed by atoms with van der Waals surface area (Å²) in [6.45, 7) is 9.10. The molecule has 144 valence electrons. The van der Waals surface area contributed by atoms with Crippen LogP contribution in [0.2, 0.25) is 0 Å². The van der Waals surface area contributed by atoms with Crippen molar-refractivity contribution in [2.24, 2.45) is 23.2 Å². The number of likely N-dealkylation sites (tertiary alicyclic amines) is 1. The first-order valence-electron chi connectivity index (χ1n) is 10.2. The van der Waals surface area contributed by atoms with Gasteiger partial charge < -0.3 is 4.90 Å². The van der Waals surface area contributed by atoms with Crippen LogP contribution in [0.5, 0.6) is 0 Å². The van der Waals surface area contributed by atoms with Gasteiger partial charge in [-0.05, 0) is 55.8 Å². The summed E-state index contributed by atoms with van der Waals surface area (Å²) in [5, 5.41) is 0. The van der Waals surface area contributed by atoms with E-state index in [1.165, 1.54) is 17.1 Å². The first-order valence-corrected chi connectivity index (χ1v) is 10.2. The van der Waals surface area contributed by atoms with Crippen LogP contribution >= 0.6 is 0 Å². The molecule has 3 amide bonds. The highest BCUT2D eigenvalue weighted by molar-refractivity contribution is 6.12. The van der Waals surface area contributed by atoms with Gasteiger partial charge in [-0.1, -0.05) is 20.8 Å². The van der Waals surface area contributed by atoms with Crippen LogP contribution < -0.4 is 0 Å². The molecule has 3 aliphatic rings. The quantitative estimate of drug-likeness (QED) is 0.708. The van der Waals surface area contributed by atoms with Gasteiger partial charge in [0.15, 0.2) is 0 Å². The van der Waals surface area contributed by atoms with Crippen molar-refractivity contribution in [3.8, 4) is 0 Å². The third-order valence-electron chi connectivity index (χ3n) is 7.16. The molecule has 1 saturated carbocycles. The van der Waals surface area contributed by atoms with E-state index in [4.69, 9.17) is 0 Å². The van der Waals surface area contributed by atoms with E-state index >= 15 is 0 Å². The number of amides is 3. The molecule has 0 aromatic rings. The van der Waals surface area contributed by atoms with Crippen molar-refractivity contribution >= 4 is 17.7 Å². The van der Waals surface area contributed by atoms with Crippen molar-refractivity contribution in [1.82, 2.24) is 9.80 Å². The minimum absolute atomic E-state index is 0.120. The Bertz CT molecular complexity index is 586. The van der Waals surface area contributed by atoms with Gasteiger partial charge >= 0.3 is 0 Å². The summed E-state index contributed by atoms with van der Waals surface area (Å²) in [6, 6.07) is 0. The molecule has 2 fully saturated rings. The molecule has 2 heterocycles. The number of nitrogens with zero attached hydrogens (tertiary/aromatic N) is 2. The third-order valence-corrected chi connectivity index (χ3v) is 7.16. The molecule has 0 bridgehead atoms. The normalized spacial score (nSPS) is 32.2. The molecule has 1 atom stereocenters. The molecule has 0 spiro atoms. The van der Waals surface area contributed by atoms with Crippen LogP contribution in [0.1, 0.15) is 59.3 Å². The zero-order valence-corrected chi connectivity index (χ0v) is 16.4. The average molecular weight is 360 g/mol. The zero-order chi connectivity index (χ0) is 18.9. The van der Waals surface area contributed by atoms with Crippen LogP contribution in [0.15, 0.2) is 12.2 Å². The minimum atomic E-state index is -0.199. The van der Waals surface area contributed by atoms with Gasteiger partial charge in [0.25, 0.3) is 11.8 Å². The van der Waals surface area contributed by atoms with E-state index in [0.29, 0.717) is 24.3 Å². The maximum absolute atomic E-state index is 13.0. The van der Waals surface area contributed by atoms with Crippen LogP contribution in [0.4, 0.5) is 0 Å². The molecule has 26 heavy (non-hydrogen) atoms. The fourth-order valence-electron chi connectivity index (χ4n) is 4.97. The summed E-state index contributed by atoms with van der Waals surface area (Å²) in [5.74, 6) is 0.981. The average Bonchev–Trinajstić information content (AvgIpc) is 3.22. The van der Waals surface area contributed by atoms with Crippen LogP contribution in [-0.2, 0) is 14.4 Å². The zero-order valence-electron chi connectivity index (χ0n) is 16.4. The number of hydrogen-bond donors (Lipinski definition) is 0. The molecule has 0 aromatic heterocycles. The molecule has 5 nitrogen and oxygen atoms in total. The number of hydrogen-bond acceptors (Lipinski definition) is 3. The van der Waals surface area contributed by atoms with E-state index in [1.807, 2.05) is 0 Å². The van der Waals surface area contributed by atoms with Crippen molar-refractivity contribution in [3.63, 3.8) is 0 Å². The van der Waals surface area contributed by atoms with Crippen molar-refractivity contribution in [3.05, 3.63) is 12.2 Å². The topological polar surface area (TPSA) is 57.7 Å². The lowest BCUT2D eigenvalue weighted by molar-refractivity contribution is -0.139. The van der Waals surface area contributed by atoms with E-state index < -0.39 is 0 Å². The Morgan fingerprint density at radius 1 is 1.15 bits per heavy atom. The number of carbonyl (C=O) groups is 3. The lowest BCUT2D eigenvalue weighted by atomic mass is 9.74. The molecule has 2 aliphatic heterocycles. The lowest BCUT2D eigenvalue weighted by Crippen LogP contribution is -2.40. The van der Waals surface area contributed by atoms with Gasteiger partial charge in [-0.15, -0.1) is 0 Å². The van der Waals surface area contributed by atoms with E-state index in [9.17, 15) is 14.4 Å². The van der Waals surface area contributed by atoms with Gasteiger partial charge in [0.2, 0.25) is 5.91 Å². The Kier molecular flexibility index (Phi) is 5.54. The Morgan fingerprint density at radius 3 is 2.27 bits per heavy atom. The van der Waals surface area contributed by atoms with Gasteiger partial charge in [-0.25, -0.2) is 0 Å². The molecule has 1 saturated heterocycles. The molecular formula is C21H32N2O3. The Hall–Kier alpha value is -1.65.